The number of piperidine rings is 1. The van der Waals surface area contributed by atoms with Gasteiger partial charge in [-0.1, -0.05) is 29.8 Å². The number of aromatic nitrogens is 3. The topological polar surface area (TPSA) is 76.8 Å². The van der Waals surface area contributed by atoms with Gasteiger partial charge in [0.25, 0.3) is 5.91 Å². The van der Waals surface area contributed by atoms with Gasteiger partial charge in [-0.05, 0) is 43.4 Å². The zero-order valence-electron chi connectivity index (χ0n) is 15.5. The zero-order chi connectivity index (χ0) is 18.6. The van der Waals surface area contributed by atoms with Gasteiger partial charge < -0.3 is 15.2 Å². The Morgan fingerprint density at radius 2 is 2.00 bits per heavy atom. The van der Waals surface area contributed by atoms with E-state index >= 15 is 0 Å². The molecule has 1 amide bonds. The lowest BCUT2D eigenvalue weighted by atomic mass is 9.96. The van der Waals surface area contributed by atoms with E-state index < -0.39 is 0 Å². The Bertz CT molecular complexity index is 874. The van der Waals surface area contributed by atoms with Crippen LogP contribution in [0.1, 0.15) is 28.9 Å². The third-order valence-electron chi connectivity index (χ3n) is 5.26. The monoisotopic (exact) mass is 363 g/mol. The van der Waals surface area contributed by atoms with Gasteiger partial charge in [-0.3, -0.25) is 9.89 Å². The summed E-state index contributed by atoms with van der Waals surface area (Å²) in [5.41, 5.74) is 4.07. The van der Waals surface area contributed by atoms with Crippen LogP contribution < -0.4 is 10.2 Å². The first-order chi connectivity index (χ1) is 13.2. The molecule has 6 heteroatoms. The summed E-state index contributed by atoms with van der Waals surface area (Å²) in [5, 5.41) is 10.7. The van der Waals surface area contributed by atoms with E-state index in [1.165, 1.54) is 5.56 Å². The highest BCUT2D eigenvalue weighted by atomic mass is 16.1. The van der Waals surface area contributed by atoms with Crippen molar-refractivity contribution in [2.24, 2.45) is 5.92 Å². The Kier molecular flexibility index (Phi) is 4.96. The summed E-state index contributed by atoms with van der Waals surface area (Å²) in [4.78, 5) is 17.3. The second-order valence-corrected chi connectivity index (χ2v) is 7.23. The number of nitrogens with zero attached hydrogens (tertiary/aromatic N) is 2. The molecule has 1 aliphatic heterocycles. The van der Waals surface area contributed by atoms with E-state index in [1.807, 2.05) is 6.07 Å². The van der Waals surface area contributed by atoms with Gasteiger partial charge in [0.05, 0.1) is 5.69 Å². The summed E-state index contributed by atoms with van der Waals surface area (Å²) in [7, 11) is 0. The highest BCUT2D eigenvalue weighted by molar-refractivity contribution is 5.92. The molecule has 0 unspecified atom stereocenters. The summed E-state index contributed by atoms with van der Waals surface area (Å²) in [6, 6.07) is 14.2. The highest BCUT2D eigenvalue weighted by Gasteiger charge is 2.22. The number of rotatable bonds is 5. The fourth-order valence-corrected chi connectivity index (χ4v) is 3.52. The van der Waals surface area contributed by atoms with Crippen LogP contribution in [0.15, 0.2) is 48.7 Å². The van der Waals surface area contributed by atoms with Crippen LogP contribution in [0.3, 0.4) is 0 Å². The Balaban J connectivity index is 1.29. The average Bonchev–Trinajstić information content (AvgIpc) is 3.39. The van der Waals surface area contributed by atoms with Crippen molar-refractivity contribution in [2.45, 2.75) is 19.8 Å². The SMILES string of the molecule is Cc1ccc(-c2cc(N3CCC(CNC(=O)c4ccc[nH]4)CC3)n[nH]2)cc1. The number of anilines is 1. The molecule has 6 nitrogen and oxygen atoms in total. The molecule has 140 valence electrons. The van der Waals surface area contributed by atoms with Crippen LogP contribution in [0, 0.1) is 12.8 Å². The largest absolute Gasteiger partial charge is 0.357 e. The molecule has 2 aromatic heterocycles. The standard InChI is InChI=1S/C21H25N5O/c1-15-4-6-17(7-5-15)19-13-20(25-24-19)26-11-8-16(9-12-26)14-23-21(27)18-3-2-10-22-18/h2-7,10,13,16,22H,8-9,11-12,14H2,1H3,(H,23,27)(H,24,25). The minimum Gasteiger partial charge on any atom is -0.357 e. The predicted molar refractivity (Wildman–Crippen MR) is 107 cm³/mol. The first kappa shape index (κ1) is 17.4. The molecule has 4 rings (SSSR count). The number of hydrogen-bond acceptors (Lipinski definition) is 3. The van der Waals surface area contributed by atoms with Crippen molar-refractivity contribution in [3.05, 3.63) is 59.9 Å². The van der Waals surface area contributed by atoms with Crippen LogP contribution >= 0.6 is 0 Å². The van der Waals surface area contributed by atoms with Crippen LogP contribution in [0.5, 0.6) is 0 Å². The molecule has 0 saturated carbocycles. The normalized spacial score (nSPS) is 15.1. The number of benzene rings is 1. The summed E-state index contributed by atoms with van der Waals surface area (Å²) in [6.07, 6.45) is 3.87. The van der Waals surface area contributed by atoms with Gasteiger partial charge in [0.15, 0.2) is 5.82 Å². The van der Waals surface area contributed by atoms with Gasteiger partial charge in [-0.15, -0.1) is 0 Å². The lowest BCUT2D eigenvalue weighted by Crippen LogP contribution is -2.38. The maximum atomic E-state index is 12.0. The average molecular weight is 363 g/mol. The molecule has 1 aliphatic rings. The molecule has 0 spiro atoms. The molecule has 3 N–H and O–H groups in total. The van der Waals surface area contributed by atoms with E-state index in [0.29, 0.717) is 11.6 Å². The van der Waals surface area contributed by atoms with Crippen molar-refractivity contribution in [3.63, 3.8) is 0 Å². The van der Waals surface area contributed by atoms with Crippen LogP contribution in [-0.2, 0) is 0 Å². The molecule has 3 aromatic rings. The van der Waals surface area contributed by atoms with Gasteiger partial charge in [0.2, 0.25) is 0 Å². The number of aryl methyl sites for hydroxylation is 1. The van der Waals surface area contributed by atoms with Crippen LogP contribution in [0.25, 0.3) is 11.3 Å². The Morgan fingerprint density at radius 1 is 1.22 bits per heavy atom. The van der Waals surface area contributed by atoms with E-state index in [-0.39, 0.29) is 5.91 Å². The number of amides is 1. The second-order valence-electron chi connectivity index (χ2n) is 7.23. The van der Waals surface area contributed by atoms with E-state index in [0.717, 1.165) is 49.6 Å². The molecule has 0 radical (unpaired) electrons. The molecule has 1 aromatic carbocycles. The smallest absolute Gasteiger partial charge is 0.267 e. The number of aromatic amines is 2. The third kappa shape index (κ3) is 4.05. The fourth-order valence-electron chi connectivity index (χ4n) is 3.52. The Hall–Kier alpha value is -3.02. The lowest BCUT2D eigenvalue weighted by molar-refractivity contribution is 0.0940. The molecule has 0 aliphatic carbocycles. The molecule has 3 heterocycles. The lowest BCUT2D eigenvalue weighted by Gasteiger charge is -2.32. The van der Waals surface area contributed by atoms with Crippen LogP contribution in [0.4, 0.5) is 5.82 Å². The van der Waals surface area contributed by atoms with Gasteiger partial charge >= 0.3 is 0 Å². The maximum absolute atomic E-state index is 12.0. The third-order valence-corrected chi connectivity index (χ3v) is 5.26. The van der Waals surface area contributed by atoms with E-state index in [9.17, 15) is 4.79 Å². The quantitative estimate of drug-likeness (QED) is 0.650. The van der Waals surface area contributed by atoms with Crippen LogP contribution in [0.2, 0.25) is 0 Å². The number of nitrogens with one attached hydrogen (secondary N) is 3. The molecule has 27 heavy (non-hydrogen) atoms. The Labute approximate surface area is 159 Å². The molecule has 1 fully saturated rings. The molecular formula is C21H25N5O. The number of hydrogen-bond donors (Lipinski definition) is 3. The van der Waals surface area contributed by atoms with Gasteiger partial charge in [-0.25, -0.2) is 0 Å². The maximum Gasteiger partial charge on any atom is 0.267 e. The van der Waals surface area contributed by atoms with Crippen molar-refractivity contribution >= 4 is 11.7 Å². The van der Waals surface area contributed by atoms with E-state index in [4.69, 9.17) is 0 Å². The van der Waals surface area contributed by atoms with Gasteiger partial charge in [0.1, 0.15) is 5.69 Å². The highest BCUT2D eigenvalue weighted by Crippen LogP contribution is 2.26. The summed E-state index contributed by atoms with van der Waals surface area (Å²) >= 11 is 0. The van der Waals surface area contributed by atoms with Crippen LogP contribution in [-0.4, -0.2) is 40.7 Å². The number of H-pyrrole nitrogens is 2. The van der Waals surface area contributed by atoms with Crippen molar-refractivity contribution in [1.29, 1.82) is 0 Å². The molecule has 0 atom stereocenters. The van der Waals surface area contributed by atoms with Gasteiger partial charge in [0, 0.05) is 31.9 Å². The number of carbonyl (C=O) groups excluding carboxylic acids is 1. The molecule has 0 bridgehead atoms. The minimum absolute atomic E-state index is 0.0301. The minimum atomic E-state index is -0.0301. The zero-order valence-corrected chi connectivity index (χ0v) is 15.5. The van der Waals surface area contributed by atoms with Crippen molar-refractivity contribution in [1.82, 2.24) is 20.5 Å². The number of carbonyl (C=O) groups is 1. The van der Waals surface area contributed by atoms with Crippen molar-refractivity contribution in [2.75, 3.05) is 24.5 Å². The molecular weight excluding hydrogens is 338 g/mol. The van der Waals surface area contributed by atoms with E-state index in [1.54, 1.807) is 12.3 Å². The first-order valence-corrected chi connectivity index (χ1v) is 9.48. The van der Waals surface area contributed by atoms with Gasteiger partial charge in [-0.2, -0.15) is 5.10 Å². The first-order valence-electron chi connectivity index (χ1n) is 9.48. The second kappa shape index (κ2) is 7.70. The summed E-state index contributed by atoms with van der Waals surface area (Å²) < 4.78 is 0. The van der Waals surface area contributed by atoms with Crippen molar-refractivity contribution in [3.8, 4) is 11.3 Å². The van der Waals surface area contributed by atoms with Crippen molar-refractivity contribution < 1.29 is 4.79 Å². The molecule has 1 saturated heterocycles. The summed E-state index contributed by atoms with van der Waals surface area (Å²) in [5.74, 6) is 1.48. The Morgan fingerprint density at radius 3 is 2.70 bits per heavy atom. The van der Waals surface area contributed by atoms with E-state index in [2.05, 4.69) is 62.7 Å². The predicted octanol–water partition coefficient (Wildman–Crippen LogP) is 3.36. The fraction of sp³-hybridized carbons (Fsp3) is 0.333. The summed E-state index contributed by atoms with van der Waals surface area (Å²) in [6.45, 7) is 4.73.